The highest BCUT2D eigenvalue weighted by Gasteiger charge is 2.11. The summed E-state index contributed by atoms with van der Waals surface area (Å²) in [7, 11) is 0. The van der Waals surface area contributed by atoms with Gasteiger partial charge in [0.1, 0.15) is 11.1 Å². The number of nitrogens with one attached hydrogen (secondary N) is 1. The molecule has 1 aromatic heterocycles. The van der Waals surface area contributed by atoms with E-state index in [2.05, 4.69) is 11.4 Å². The van der Waals surface area contributed by atoms with Crippen LogP contribution in [0.25, 0.3) is 11.1 Å². The van der Waals surface area contributed by atoms with Gasteiger partial charge in [-0.2, -0.15) is 5.26 Å². The van der Waals surface area contributed by atoms with Crippen LogP contribution < -0.4 is 5.32 Å². The van der Waals surface area contributed by atoms with Gasteiger partial charge < -0.3 is 5.32 Å². The average Bonchev–Trinajstić information content (AvgIpc) is 2.73. The van der Waals surface area contributed by atoms with Gasteiger partial charge in [-0.1, -0.05) is 30.3 Å². The number of hydrogen-bond acceptors (Lipinski definition) is 3. The second kappa shape index (κ2) is 4.60. The molecule has 0 radical (unpaired) electrons. The van der Waals surface area contributed by atoms with Crippen LogP contribution in [0, 0.1) is 11.3 Å². The van der Waals surface area contributed by atoms with Gasteiger partial charge in [-0.05, 0) is 5.56 Å². The van der Waals surface area contributed by atoms with Crippen molar-refractivity contribution in [3.05, 3.63) is 41.3 Å². The second-order valence-corrected chi connectivity index (χ2v) is 3.97. The predicted molar refractivity (Wildman–Crippen MR) is 64.2 cm³/mol. The van der Waals surface area contributed by atoms with E-state index in [0.29, 0.717) is 17.0 Å². The molecule has 0 bridgehead atoms. The van der Waals surface area contributed by atoms with Crippen molar-refractivity contribution in [2.45, 2.75) is 0 Å². The van der Waals surface area contributed by atoms with E-state index in [1.165, 1.54) is 11.3 Å². The number of hydrogen-bond donors (Lipinski definition) is 1. The molecule has 4 heteroatoms. The van der Waals surface area contributed by atoms with Gasteiger partial charge in [0, 0.05) is 10.9 Å². The van der Waals surface area contributed by atoms with Crippen LogP contribution in [0.15, 0.2) is 35.7 Å². The van der Waals surface area contributed by atoms with Crippen LogP contribution in [0.3, 0.4) is 0 Å². The van der Waals surface area contributed by atoms with Crippen molar-refractivity contribution < 1.29 is 4.79 Å². The van der Waals surface area contributed by atoms with Crippen molar-refractivity contribution in [2.24, 2.45) is 0 Å². The first-order valence-electron chi connectivity index (χ1n) is 4.64. The van der Waals surface area contributed by atoms with Crippen molar-refractivity contribution in [3.63, 3.8) is 0 Å². The third kappa shape index (κ3) is 1.81. The molecule has 2 aromatic rings. The Hall–Kier alpha value is -2.12. The zero-order valence-corrected chi connectivity index (χ0v) is 9.12. The summed E-state index contributed by atoms with van der Waals surface area (Å²) in [6, 6.07) is 11.8. The van der Waals surface area contributed by atoms with Gasteiger partial charge >= 0.3 is 0 Å². The Balaban J connectivity index is 2.51. The molecule has 16 heavy (non-hydrogen) atoms. The van der Waals surface area contributed by atoms with Crippen LogP contribution in [0.1, 0.15) is 5.56 Å². The summed E-state index contributed by atoms with van der Waals surface area (Å²) >= 11 is 1.36. The quantitative estimate of drug-likeness (QED) is 0.821. The van der Waals surface area contributed by atoms with Crippen LogP contribution in [-0.4, -0.2) is 6.41 Å². The molecule has 0 aliphatic rings. The fourth-order valence-corrected chi connectivity index (χ4v) is 2.34. The summed E-state index contributed by atoms with van der Waals surface area (Å²) in [5.41, 5.74) is 2.36. The van der Waals surface area contributed by atoms with Crippen LogP contribution in [-0.2, 0) is 4.79 Å². The Labute approximate surface area is 97.0 Å². The monoisotopic (exact) mass is 228 g/mol. The topological polar surface area (TPSA) is 52.9 Å². The van der Waals surface area contributed by atoms with Crippen molar-refractivity contribution in [3.8, 4) is 17.2 Å². The zero-order valence-electron chi connectivity index (χ0n) is 8.31. The van der Waals surface area contributed by atoms with Gasteiger partial charge in [-0.3, -0.25) is 4.79 Å². The molecule has 0 aliphatic heterocycles. The molecule has 0 atom stereocenters. The molecule has 0 saturated heterocycles. The highest BCUT2D eigenvalue weighted by atomic mass is 32.1. The second-order valence-electron chi connectivity index (χ2n) is 3.09. The minimum atomic E-state index is 0.517. The summed E-state index contributed by atoms with van der Waals surface area (Å²) in [5, 5.41) is 14.1. The van der Waals surface area contributed by atoms with Crippen LogP contribution >= 0.6 is 11.3 Å². The van der Waals surface area contributed by atoms with Crippen molar-refractivity contribution in [2.75, 3.05) is 5.32 Å². The minimum Gasteiger partial charge on any atom is -0.319 e. The molecular weight excluding hydrogens is 220 g/mol. The Morgan fingerprint density at radius 2 is 2.06 bits per heavy atom. The highest BCUT2D eigenvalue weighted by molar-refractivity contribution is 7.15. The van der Waals surface area contributed by atoms with E-state index >= 15 is 0 Å². The maximum atomic E-state index is 10.4. The first-order valence-corrected chi connectivity index (χ1v) is 5.52. The van der Waals surface area contributed by atoms with E-state index in [4.69, 9.17) is 5.26 Å². The highest BCUT2D eigenvalue weighted by Crippen LogP contribution is 2.34. The Morgan fingerprint density at radius 1 is 1.31 bits per heavy atom. The molecule has 1 N–H and O–H groups in total. The molecule has 78 valence electrons. The molecule has 1 aromatic carbocycles. The van der Waals surface area contributed by atoms with E-state index in [-0.39, 0.29) is 0 Å². The van der Waals surface area contributed by atoms with Crippen LogP contribution in [0.2, 0.25) is 0 Å². The van der Waals surface area contributed by atoms with Crippen molar-refractivity contribution in [1.29, 1.82) is 5.26 Å². The number of carbonyl (C=O) groups is 1. The fourth-order valence-electron chi connectivity index (χ4n) is 1.46. The molecule has 0 saturated carbocycles. The summed E-state index contributed by atoms with van der Waals surface area (Å²) in [6.45, 7) is 0. The Morgan fingerprint density at radius 3 is 2.69 bits per heavy atom. The molecule has 1 amide bonds. The molecule has 0 spiro atoms. The Bertz CT molecular complexity index is 540. The van der Waals surface area contributed by atoms with Gasteiger partial charge in [0.05, 0.1) is 5.56 Å². The minimum absolute atomic E-state index is 0.517. The lowest BCUT2D eigenvalue weighted by molar-refractivity contribution is -0.105. The van der Waals surface area contributed by atoms with E-state index in [1.807, 2.05) is 35.7 Å². The molecule has 2 rings (SSSR count). The maximum Gasteiger partial charge on any atom is 0.212 e. The smallest absolute Gasteiger partial charge is 0.212 e. The van der Waals surface area contributed by atoms with Crippen LogP contribution in [0.5, 0.6) is 0 Å². The number of amides is 1. The third-order valence-electron chi connectivity index (χ3n) is 2.18. The molecular formula is C12H8N2OS. The molecule has 0 unspecified atom stereocenters. The number of thiophene rings is 1. The SMILES string of the molecule is N#Cc1c(-c2ccccc2)csc1NC=O. The molecule has 0 fully saturated rings. The molecule has 3 nitrogen and oxygen atoms in total. The predicted octanol–water partition coefficient (Wildman–Crippen LogP) is 2.86. The van der Waals surface area contributed by atoms with E-state index in [1.54, 1.807) is 0 Å². The van der Waals surface area contributed by atoms with E-state index in [9.17, 15) is 4.79 Å². The third-order valence-corrected chi connectivity index (χ3v) is 3.09. The fraction of sp³-hybridized carbons (Fsp3) is 0. The van der Waals surface area contributed by atoms with E-state index < -0.39 is 0 Å². The number of anilines is 1. The standard InChI is InChI=1S/C12H8N2OS/c13-6-10-11(7-16-12(10)14-8-15)9-4-2-1-3-5-9/h1-5,7-8H,(H,14,15). The van der Waals surface area contributed by atoms with Gasteiger partial charge in [0.25, 0.3) is 0 Å². The lowest BCUT2D eigenvalue weighted by atomic mass is 10.1. The summed E-state index contributed by atoms with van der Waals surface area (Å²) in [6.07, 6.45) is 0.585. The van der Waals surface area contributed by atoms with Crippen molar-refractivity contribution >= 4 is 22.7 Å². The molecule has 0 aliphatic carbocycles. The van der Waals surface area contributed by atoms with Gasteiger partial charge in [0.15, 0.2) is 0 Å². The first-order chi connectivity index (χ1) is 7.86. The number of rotatable bonds is 3. The number of nitriles is 1. The number of benzene rings is 1. The molecule has 1 heterocycles. The largest absolute Gasteiger partial charge is 0.319 e. The summed E-state index contributed by atoms with van der Waals surface area (Å²) in [4.78, 5) is 10.4. The number of carbonyl (C=O) groups excluding carboxylic acids is 1. The number of nitrogens with zero attached hydrogens (tertiary/aromatic N) is 1. The van der Waals surface area contributed by atoms with Gasteiger partial charge in [-0.15, -0.1) is 11.3 Å². The summed E-state index contributed by atoms with van der Waals surface area (Å²) in [5.74, 6) is 0. The Kier molecular flexibility index (Phi) is 2.99. The van der Waals surface area contributed by atoms with E-state index in [0.717, 1.165) is 11.1 Å². The summed E-state index contributed by atoms with van der Waals surface area (Å²) < 4.78 is 0. The lowest BCUT2D eigenvalue weighted by Gasteiger charge is -1.99. The maximum absolute atomic E-state index is 10.4. The average molecular weight is 228 g/mol. The normalized spacial score (nSPS) is 9.44. The van der Waals surface area contributed by atoms with Gasteiger partial charge in [0.2, 0.25) is 6.41 Å². The van der Waals surface area contributed by atoms with Crippen molar-refractivity contribution in [1.82, 2.24) is 0 Å². The lowest BCUT2D eigenvalue weighted by Crippen LogP contribution is -1.93. The van der Waals surface area contributed by atoms with Crippen LogP contribution in [0.4, 0.5) is 5.00 Å². The first kappa shape index (κ1) is 10.4. The zero-order chi connectivity index (χ0) is 11.4. The van der Waals surface area contributed by atoms with Gasteiger partial charge in [-0.25, -0.2) is 0 Å².